The summed E-state index contributed by atoms with van der Waals surface area (Å²) in [6.45, 7) is 1.74. The number of aromatic nitrogens is 3. The van der Waals surface area contributed by atoms with Crippen molar-refractivity contribution in [3.8, 4) is 0 Å². The Kier molecular flexibility index (Phi) is 5.25. The first kappa shape index (κ1) is 19.4. The molecule has 0 atom stereocenters. The Balaban J connectivity index is 1.72. The minimum absolute atomic E-state index is 0.128. The van der Waals surface area contributed by atoms with Gasteiger partial charge in [-0.05, 0) is 30.0 Å². The molecule has 2 aromatic carbocycles. The number of nitrogens with zero attached hydrogens (tertiary/aromatic N) is 2. The van der Waals surface area contributed by atoms with Crippen LogP contribution in [0.2, 0.25) is 5.02 Å². The maximum absolute atomic E-state index is 12.6. The highest BCUT2D eigenvalue weighted by atomic mass is 35.5. The number of aromatic amines is 1. The third kappa shape index (κ3) is 3.71. The minimum atomic E-state index is -0.596. The second-order valence-corrected chi connectivity index (χ2v) is 7.78. The number of pyridine rings is 1. The van der Waals surface area contributed by atoms with Gasteiger partial charge < -0.3 is 9.72 Å². The molecule has 0 spiro atoms. The number of benzene rings is 2. The summed E-state index contributed by atoms with van der Waals surface area (Å²) >= 11 is 7.67. The lowest BCUT2D eigenvalue weighted by atomic mass is 10.1. The summed E-state index contributed by atoms with van der Waals surface area (Å²) in [6.07, 6.45) is 0. The van der Waals surface area contributed by atoms with Crippen LogP contribution in [0.4, 0.5) is 0 Å². The second kappa shape index (κ2) is 7.85. The molecule has 0 amide bonds. The lowest BCUT2D eigenvalue weighted by Crippen LogP contribution is -2.16. The van der Waals surface area contributed by atoms with Gasteiger partial charge in [0.15, 0.2) is 10.8 Å². The largest absolute Gasteiger partial charge is 0.465 e. The third-order valence-electron chi connectivity index (χ3n) is 4.51. The first-order valence-corrected chi connectivity index (χ1v) is 10.1. The summed E-state index contributed by atoms with van der Waals surface area (Å²) in [6, 6.07) is 13.3. The van der Waals surface area contributed by atoms with Gasteiger partial charge >= 0.3 is 5.97 Å². The van der Waals surface area contributed by atoms with Gasteiger partial charge in [0, 0.05) is 21.9 Å². The Bertz CT molecular complexity index is 1320. The molecule has 0 fully saturated rings. The summed E-state index contributed by atoms with van der Waals surface area (Å²) in [4.78, 5) is 36.2. The van der Waals surface area contributed by atoms with Gasteiger partial charge in [0.2, 0.25) is 0 Å². The van der Waals surface area contributed by atoms with E-state index < -0.39 is 11.5 Å². The highest BCUT2D eigenvalue weighted by Crippen LogP contribution is 2.30. The topological polar surface area (TPSA) is 84.9 Å². The molecule has 6 nitrogen and oxygen atoms in total. The van der Waals surface area contributed by atoms with E-state index in [2.05, 4.69) is 15.0 Å². The second-order valence-electron chi connectivity index (χ2n) is 6.41. The number of esters is 1. The van der Waals surface area contributed by atoms with Crippen LogP contribution in [-0.4, -0.2) is 28.0 Å². The number of carbonyl (C=O) groups is 1. The quantitative estimate of drug-likeness (QED) is 0.294. The van der Waals surface area contributed by atoms with Crippen LogP contribution in [0.1, 0.15) is 21.6 Å². The molecule has 8 heteroatoms. The Hall–Kier alpha value is -2.90. The fraction of sp³-hybridized carbons (Fsp3) is 0.143. The third-order valence-corrected chi connectivity index (χ3v) is 5.77. The van der Waals surface area contributed by atoms with Gasteiger partial charge in [0.25, 0.3) is 5.56 Å². The molecule has 0 saturated carbocycles. The van der Waals surface area contributed by atoms with E-state index in [0.29, 0.717) is 21.6 Å². The Morgan fingerprint density at radius 2 is 1.93 bits per heavy atom. The van der Waals surface area contributed by atoms with Crippen LogP contribution in [0.25, 0.3) is 21.8 Å². The summed E-state index contributed by atoms with van der Waals surface area (Å²) in [7, 11) is 1.27. The standard InChI is InChI=1S/C21H16ClN3O3S/c1-11-9-15(20(27)28-2)17-18(23-11)24-21(25-19(17)26)29-10-12-7-8-16(22)14-6-4-3-5-13(12)14/h3-9H,10H2,1-2H3,(H,23,24,25,26). The highest BCUT2D eigenvalue weighted by Gasteiger charge is 2.17. The molecule has 0 aliphatic carbocycles. The number of ether oxygens (including phenoxy) is 1. The monoisotopic (exact) mass is 425 g/mol. The molecule has 1 N–H and O–H groups in total. The Morgan fingerprint density at radius 1 is 1.17 bits per heavy atom. The summed E-state index contributed by atoms with van der Waals surface area (Å²) in [5.41, 5.74) is 1.61. The molecule has 29 heavy (non-hydrogen) atoms. The molecule has 4 aromatic rings. The normalized spacial score (nSPS) is 11.1. The highest BCUT2D eigenvalue weighted by molar-refractivity contribution is 7.98. The van der Waals surface area contributed by atoms with Crippen molar-refractivity contribution in [2.24, 2.45) is 0 Å². The molecule has 0 aliphatic heterocycles. The molecule has 0 saturated heterocycles. The van der Waals surface area contributed by atoms with Gasteiger partial charge in [-0.15, -0.1) is 0 Å². The van der Waals surface area contributed by atoms with E-state index in [1.165, 1.54) is 24.9 Å². The zero-order valence-corrected chi connectivity index (χ0v) is 17.2. The van der Waals surface area contributed by atoms with Gasteiger partial charge in [0.1, 0.15) is 0 Å². The van der Waals surface area contributed by atoms with Crippen molar-refractivity contribution in [1.82, 2.24) is 15.0 Å². The van der Waals surface area contributed by atoms with Crippen molar-refractivity contribution in [3.63, 3.8) is 0 Å². The minimum Gasteiger partial charge on any atom is -0.465 e. The van der Waals surface area contributed by atoms with E-state index in [-0.39, 0.29) is 16.6 Å². The summed E-state index contributed by atoms with van der Waals surface area (Å²) < 4.78 is 4.78. The summed E-state index contributed by atoms with van der Waals surface area (Å²) in [5, 5.41) is 3.28. The van der Waals surface area contributed by atoms with Crippen LogP contribution >= 0.6 is 23.4 Å². The Morgan fingerprint density at radius 3 is 2.69 bits per heavy atom. The lowest BCUT2D eigenvalue weighted by Gasteiger charge is -2.09. The molecule has 2 aromatic heterocycles. The van der Waals surface area contributed by atoms with Gasteiger partial charge in [-0.25, -0.2) is 14.8 Å². The van der Waals surface area contributed by atoms with Crippen LogP contribution in [0.5, 0.6) is 0 Å². The van der Waals surface area contributed by atoms with Crippen molar-refractivity contribution in [2.75, 3.05) is 7.11 Å². The predicted octanol–water partition coefficient (Wildman–Crippen LogP) is 4.51. The lowest BCUT2D eigenvalue weighted by molar-refractivity contribution is 0.0602. The van der Waals surface area contributed by atoms with Crippen molar-refractivity contribution in [1.29, 1.82) is 0 Å². The number of hydrogen-bond donors (Lipinski definition) is 1. The number of aryl methyl sites for hydroxylation is 1. The number of nitrogens with one attached hydrogen (secondary N) is 1. The number of hydrogen-bond acceptors (Lipinski definition) is 6. The van der Waals surface area contributed by atoms with E-state index in [1.807, 2.05) is 36.4 Å². The number of fused-ring (bicyclic) bond motifs is 2. The van der Waals surface area contributed by atoms with Crippen molar-refractivity contribution >= 4 is 51.1 Å². The number of halogens is 1. The average Bonchev–Trinajstić information content (AvgIpc) is 2.72. The zero-order valence-electron chi connectivity index (χ0n) is 15.7. The first-order chi connectivity index (χ1) is 14.0. The van der Waals surface area contributed by atoms with Gasteiger partial charge in [-0.3, -0.25) is 4.79 Å². The fourth-order valence-corrected chi connectivity index (χ4v) is 4.27. The maximum atomic E-state index is 12.6. The summed E-state index contributed by atoms with van der Waals surface area (Å²) in [5.74, 6) is -0.0113. The molecule has 4 rings (SSSR count). The maximum Gasteiger partial charge on any atom is 0.338 e. The van der Waals surface area contributed by atoms with Crippen LogP contribution in [0.15, 0.2) is 52.4 Å². The molecule has 0 radical (unpaired) electrons. The zero-order chi connectivity index (χ0) is 20.5. The molecule has 0 unspecified atom stereocenters. The number of carbonyl (C=O) groups excluding carboxylic acids is 1. The molecule has 2 heterocycles. The van der Waals surface area contributed by atoms with Crippen molar-refractivity contribution < 1.29 is 9.53 Å². The average molecular weight is 426 g/mol. The van der Waals surface area contributed by atoms with E-state index in [4.69, 9.17) is 16.3 Å². The number of methoxy groups -OCH3 is 1. The molecule has 146 valence electrons. The first-order valence-electron chi connectivity index (χ1n) is 8.77. The van der Waals surface area contributed by atoms with Gasteiger partial charge in [-0.2, -0.15) is 0 Å². The fourth-order valence-electron chi connectivity index (χ4n) is 3.18. The van der Waals surface area contributed by atoms with Crippen LogP contribution in [0, 0.1) is 6.92 Å². The van der Waals surface area contributed by atoms with Crippen LogP contribution in [-0.2, 0) is 10.5 Å². The molecule has 0 aliphatic rings. The van der Waals surface area contributed by atoms with Gasteiger partial charge in [0.05, 0.1) is 18.1 Å². The van der Waals surface area contributed by atoms with Crippen molar-refractivity contribution in [3.05, 3.63) is 74.7 Å². The number of rotatable bonds is 4. The Labute approximate surface area is 175 Å². The molecular weight excluding hydrogens is 410 g/mol. The predicted molar refractivity (Wildman–Crippen MR) is 115 cm³/mol. The molecule has 0 bridgehead atoms. The smallest absolute Gasteiger partial charge is 0.338 e. The van der Waals surface area contributed by atoms with E-state index in [0.717, 1.165) is 16.3 Å². The SMILES string of the molecule is COC(=O)c1cc(C)nc2nc(SCc3ccc(Cl)c4ccccc34)[nH]c(=O)c12. The van der Waals surface area contributed by atoms with E-state index in [1.54, 1.807) is 6.92 Å². The molecular formula is C21H16ClN3O3S. The van der Waals surface area contributed by atoms with E-state index in [9.17, 15) is 9.59 Å². The van der Waals surface area contributed by atoms with Crippen molar-refractivity contribution in [2.45, 2.75) is 17.8 Å². The number of H-pyrrole nitrogens is 1. The van der Waals surface area contributed by atoms with Crippen LogP contribution in [0.3, 0.4) is 0 Å². The van der Waals surface area contributed by atoms with Gasteiger partial charge in [-0.1, -0.05) is 53.7 Å². The van der Waals surface area contributed by atoms with Crippen LogP contribution < -0.4 is 5.56 Å². The van der Waals surface area contributed by atoms with E-state index >= 15 is 0 Å². The number of thioether (sulfide) groups is 1.